The lowest BCUT2D eigenvalue weighted by Crippen LogP contribution is -2.29. The van der Waals surface area contributed by atoms with Gasteiger partial charge in [0.05, 0.1) is 10.9 Å². The van der Waals surface area contributed by atoms with Crippen molar-refractivity contribution in [1.82, 2.24) is 4.98 Å². The monoisotopic (exact) mass is 422 g/mol. The molecule has 0 bridgehead atoms. The minimum Gasteiger partial charge on any atom is -0.326 e. The summed E-state index contributed by atoms with van der Waals surface area (Å²) in [5, 5.41) is 4.64. The van der Waals surface area contributed by atoms with Crippen LogP contribution in [0.25, 0.3) is 10.9 Å². The van der Waals surface area contributed by atoms with Gasteiger partial charge in [0, 0.05) is 22.3 Å². The molecule has 2 aliphatic carbocycles. The minimum absolute atomic E-state index is 0.0775. The number of hydrogen-bond acceptors (Lipinski definition) is 2. The first kappa shape index (κ1) is 19.5. The van der Waals surface area contributed by atoms with Gasteiger partial charge in [0.25, 0.3) is 0 Å². The van der Waals surface area contributed by atoms with E-state index in [2.05, 4.69) is 17.2 Å². The van der Waals surface area contributed by atoms with Crippen LogP contribution >= 0.6 is 11.6 Å². The normalized spacial score (nSPS) is 27.9. The van der Waals surface area contributed by atoms with Gasteiger partial charge in [-0.1, -0.05) is 18.5 Å². The van der Waals surface area contributed by atoms with Crippen molar-refractivity contribution >= 4 is 34.1 Å². The number of nitrogens with one attached hydrogen (secondary N) is 1. The Bertz CT molecular complexity index is 1120. The highest BCUT2D eigenvalue weighted by Gasteiger charge is 2.68. The number of halogens is 2. The van der Waals surface area contributed by atoms with E-state index in [4.69, 9.17) is 11.6 Å². The zero-order valence-corrected chi connectivity index (χ0v) is 17.7. The molecule has 2 aromatic carbocycles. The predicted octanol–water partition coefficient (Wildman–Crippen LogP) is 6.72. The van der Waals surface area contributed by atoms with Gasteiger partial charge in [0.2, 0.25) is 5.91 Å². The molecule has 3 aromatic rings. The molecule has 5 rings (SSSR count). The molecule has 0 aliphatic heterocycles. The molecule has 1 atom stereocenters. The summed E-state index contributed by atoms with van der Waals surface area (Å²) in [5.74, 6) is 0.254. The van der Waals surface area contributed by atoms with Crippen molar-refractivity contribution in [3.05, 3.63) is 71.1 Å². The molecule has 0 radical (unpaired) electrons. The fourth-order valence-corrected chi connectivity index (χ4v) is 5.59. The summed E-state index contributed by atoms with van der Waals surface area (Å²) in [4.78, 5) is 17.4. The molecule has 154 valence electrons. The van der Waals surface area contributed by atoms with E-state index in [0.717, 1.165) is 48.7 Å². The lowest BCUT2D eigenvalue weighted by molar-refractivity contribution is -0.122. The summed E-state index contributed by atoms with van der Waals surface area (Å²) < 4.78 is 13.8. The number of aromatic nitrogens is 1. The van der Waals surface area contributed by atoms with Gasteiger partial charge >= 0.3 is 0 Å². The zero-order chi connectivity index (χ0) is 20.9. The molecule has 5 heteroatoms. The number of pyridine rings is 1. The van der Waals surface area contributed by atoms with E-state index in [1.165, 1.54) is 11.6 Å². The smallest absolute Gasteiger partial charge is 0.230 e. The van der Waals surface area contributed by atoms with Crippen LogP contribution in [-0.4, -0.2) is 10.9 Å². The third kappa shape index (κ3) is 3.18. The molecular formula is C25H24ClFN2O. The summed E-state index contributed by atoms with van der Waals surface area (Å²) in [6.45, 7) is 2.09. The Balaban J connectivity index is 1.30. The van der Waals surface area contributed by atoms with Crippen LogP contribution in [-0.2, 0) is 4.79 Å². The van der Waals surface area contributed by atoms with Crippen LogP contribution in [0.3, 0.4) is 0 Å². The number of hydrogen-bond donors (Lipinski definition) is 1. The first-order valence-corrected chi connectivity index (χ1v) is 10.9. The number of amides is 1. The second-order valence-corrected chi connectivity index (χ2v) is 9.52. The van der Waals surface area contributed by atoms with E-state index in [1.807, 2.05) is 24.4 Å². The Hall–Kier alpha value is -2.46. The molecule has 3 nitrogen and oxygen atoms in total. The standard InChI is InChI=1S/C25H24ClFN2O/c1-24(23(30)29-19-5-2-17(26)3-6-19)15-25(24)11-8-16(9-12-25)20-10-13-28-22-7-4-18(27)14-21(20)22/h2-7,10,13-14,16H,8-9,11-12,15H2,1H3,(H,29,30)/t16?,24-,25?/m0/s1. The van der Waals surface area contributed by atoms with E-state index >= 15 is 0 Å². The van der Waals surface area contributed by atoms with Crippen molar-refractivity contribution < 1.29 is 9.18 Å². The Morgan fingerprint density at radius 1 is 1.13 bits per heavy atom. The summed E-state index contributed by atoms with van der Waals surface area (Å²) in [6, 6.07) is 14.1. The molecule has 2 fully saturated rings. The van der Waals surface area contributed by atoms with Gasteiger partial charge in [-0.25, -0.2) is 4.39 Å². The van der Waals surface area contributed by atoms with E-state index in [-0.39, 0.29) is 22.6 Å². The molecule has 1 amide bonds. The van der Waals surface area contributed by atoms with Crippen molar-refractivity contribution in [3.63, 3.8) is 0 Å². The van der Waals surface area contributed by atoms with Crippen molar-refractivity contribution in [2.24, 2.45) is 10.8 Å². The maximum absolute atomic E-state index is 13.8. The van der Waals surface area contributed by atoms with Crippen LogP contribution in [0.15, 0.2) is 54.7 Å². The van der Waals surface area contributed by atoms with Gasteiger partial charge < -0.3 is 5.32 Å². The summed E-state index contributed by atoms with van der Waals surface area (Å²) in [7, 11) is 0. The number of carbonyl (C=O) groups is 1. The largest absolute Gasteiger partial charge is 0.326 e. The highest BCUT2D eigenvalue weighted by molar-refractivity contribution is 6.30. The van der Waals surface area contributed by atoms with Crippen LogP contribution < -0.4 is 5.32 Å². The third-order valence-corrected chi connectivity index (χ3v) is 7.71. The highest BCUT2D eigenvalue weighted by Crippen LogP contribution is 2.71. The summed E-state index contributed by atoms with van der Waals surface area (Å²) in [6.07, 6.45) is 6.81. The number of nitrogens with zero attached hydrogens (tertiary/aromatic N) is 1. The van der Waals surface area contributed by atoms with Crippen LogP contribution in [0, 0.1) is 16.6 Å². The second kappa shape index (κ2) is 7.05. The Kier molecular flexibility index (Phi) is 4.59. The molecule has 1 heterocycles. The molecule has 0 unspecified atom stereocenters. The average Bonchev–Trinajstić information content (AvgIpc) is 3.34. The number of anilines is 1. The maximum Gasteiger partial charge on any atom is 0.230 e. The van der Waals surface area contributed by atoms with E-state index < -0.39 is 0 Å². The van der Waals surface area contributed by atoms with Gasteiger partial charge in [-0.3, -0.25) is 9.78 Å². The van der Waals surface area contributed by atoms with Crippen LogP contribution in [0.1, 0.15) is 50.5 Å². The number of carbonyl (C=O) groups excluding carboxylic acids is 1. The lowest BCUT2D eigenvalue weighted by atomic mass is 9.73. The maximum atomic E-state index is 13.8. The van der Waals surface area contributed by atoms with Gasteiger partial charge in [-0.2, -0.15) is 0 Å². The van der Waals surface area contributed by atoms with E-state index in [9.17, 15) is 9.18 Å². The molecule has 1 aromatic heterocycles. The molecule has 1 spiro atoms. The van der Waals surface area contributed by atoms with Gasteiger partial charge in [0.1, 0.15) is 5.82 Å². The second-order valence-electron chi connectivity index (χ2n) is 9.09. The van der Waals surface area contributed by atoms with E-state index in [0.29, 0.717) is 10.9 Å². The first-order chi connectivity index (χ1) is 14.4. The lowest BCUT2D eigenvalue weighted by Gasteiger charge is -2.32. The molecule has 1 N–H and O–H groups in total. The van der Waals surface area contributed by atoms with Crippen LogP contribution in [0.5, 0.6) is 0 Å². The number of rotatable bonds is 3. The molecular weight excluding hydrogens is 399 g/mol. The van der Waals surface area contributed by atoms with Crippen LogP contribution in [0.2, 0.25) is 5.02 Å². The number of benzene rings is 2. The Morgan fingerprint density at radius 2 is 1.87 bits per heavy atom. The fraction of sp³-hybridized carbons (Fsp3) is 0.360. The van der Waals surface area contributed by atoms with Gasteiger partial charge in [-0.05, 0) is 97.5 Å². The Labute approximate surface area is 180 Å². The van der Waals surface area contributed by atoms with Crippen molar-refractivity contribution in [2.75, 3.05) is 5.32 Å². The van der Waals surface area contributed by atoms with Gasteiger partial charge in [0.15, 0.2) is 0 Å². The van der Waals surface area contributed by atoms with E-state index in [1.54, 1.807) is 24.3 Å². The Morgan fingerprint density at radius 3 is 2.60 bits per heavy atom. The summed E-state index contributed by atoms with van der Waals surface area (Å²) in [5.41, 5.74) is 2.56. The average molecular weight is 423 g/mol. The summed E-state index contributed by atoms with van der Waals surface area (Å²) >= 11 is 5.94. The first-order valence-electron chi connectivity index (χ1n) is 10.5. The molecule has 30 heavy (non-hydrogen) atoms. The van der Waals surface area contributed by atoms with Crippen LogP contribution in [0.4, 0.5) is 10.1 Å². The van der Waals surface area contributed by atoms with Crippen molar-refractivity contribution in [1.29, 1.82) is 0 Å². The molecule has 2 saturated carbocycles. The topological polar surface area (TPSA) is 42.0 Å². The predicted molar refractivity (Wildman–Crippen MR) is 118 cm³/mol. The third-order valence-electron chi connectivity index (χ3n) is 7.46. The zero-order valence-electron chi connectivity index (χ0n) is 16.9. The number of fused-ring (bicyclic) bond motifs is 1. The highest BCUT2D eigenvalue weighted by atomic mass is 35.5. The molecule has 0 saturated heterocycles. The SMILES string of the molecule is C[C@@]1(C(=O)Nc2ccc(Cl)cc2)CC12CCC(c1ccnc3ccc(F)cc13)CC2. The quantitative estimate of drug-likeness (QED) is 0.509. The van der Waals surface area contributed by atoms with Crippen molar-refractivity contribution in [3.8, 4) is 0 Å². The molecule has 2 aliphatic rings. The minimum atomic E-state index is -0.329. The van der Waals surface area contributed by atoms with Crippen molar-refractivity contribution in [2.45, 2.75) is 44.9 Å². The fourth-order valence-electron chi connectivity index (χ4n) is 5.46. The van der Waals surface area contributed by atoms with Gasteiger partial charge in [-0.15, -0.1) is 0 Å².